The second-order valence-corrected chi connectivity index (χ2v) is 6.00. The van der Waals surface area contributed by atoms with Crippen LogP contribution in [0.15, 0.2) is 47.5 Å². The highest BCUT2D eigenvalue weighted by Gasteiger charge is 2.13. The van der Waals surface area contributed by atoms with Crippen molar-refractivity contribution < 1.29 is 8.42 Å². The summed E-state index contributed by atoms with van der Waals surface area (Å²) >= 11 is 0. The number of nitrogens with two attached hydrogens (primary N) is 1. The van der Waals surface area contributed by atoms with Gasteiger partial charge in [0, 0.05) is 12.7 Å². The standard InChI is InChI=1S/C13H15N3O2S/c1-10-2-4-11(5-3-10)8-16-19(17,18)12-6-7-13(14)15-9-12/h2-7,9,16H,8H2,1H3,(H2,14,15). The lowest BCUT2D eigenvalue weighted by molar-refractivity contribution is 0.581. The van der Waals surface area contributed by atoms with Crippen LogP contribution >= 0.6 is 0 Å². The molecule has 0 fully saturated rings. The third kappa shape index (κ3) is 3.52. The Kier molecular flexibility index (Phi) is 3.82. The molecule has 0 atom stereocenters. The second-order valence-electron chi connectivity index (χ2n) is 4.23. The van der Waals surface area contributed by atoms with Gasteiger partial charge in [0.1, 0.15) is 10.7 Å². The number of sulfonamides is 1. The minimum Gasteiger partial charge on any atom is -0.384 e. The monoisotopic (exact) mass is 277 g/mol. The molecule has 0 radical (unpaired) electrons. The summed E-state index contributed by atoms with van der Waals surface area (Å²) in [7, 11) is -3.55. The fourth-order valence-corrected chi connectivity index (χ4v) is 2.48. The molecule has 0 spiro atoms. The van der Waals surface area contributed by atoms with Gasteiger partial charge in [0.05, 0.1) is 0 Å². The molecule has 0 bridgehead atoms. The highest BCUT2D eigenvalue weighted by atomic mass is 32.2. The van der Waals surface area contributed by atoms with E-state index in [1.807, 2.05) is 31.2 Å². The smallest absolute Gasteiger partial charge is 0.242 e. The number of nitrogens with one attached hydrogen (secondary N) is 1. The van der Waals surface area contributed by atoms with E-state index in [0.717, 1.165) is 11.1 Å². The molecule has 0 aliphatic heterocycles. The molecule has 6 heteroatoms. The molecule has 0 aliphatic rings. The fourth-order valence-electron chi connectivity index (χ4n) is 1.52. The largest absolute Gasteiger partial charge is 0.384 e. The minimum atomic E-state index is -3.55. The molecule has 1 heterocycles. The van der Waals surface area contributed by atoms with Crippen molar-refractivity contribution in [1.29, 1.82) is 0 Å². The van der Waals surface area contributed by atoms with Crippen LogP contribution < -0.4 is 10.5 Å². The zero-order valence-electron chi connectivity index (χ0n) is 10.5. The maximum Gasteiger partial charge on any atom is 0.242 e. The average molecular weight is 277 g/mol. The molecule has 5 nitrogen and oxygen atoms in total. The van der Waals surface area contributed by atoms with Crippen LogP contribution in [-0.2, 0) is 16.6 Å². The lowest BCUT2D eigenvalue weighted by atomic mass is 10.2. The van der Waals surface area contributed by atoms with Crippen LogP contribution in [0.1, 0.15) is 11.1 Å². The zero-order valence-corrected chi connectivity index (χ0v) is 11.3. The van der Waals surface area contributed by atoms with Crippen LogP contribution in [0.3, 0.4) is 0 Å². The van der Waals surface area contributed by atoms with Gasteiger partial charge in [-0.3, -0.25) is 0 Å². The van der Waals surface area contributed by atoms with Gasteiger partial charge in [-0.1, -0.05) is 29.8 Å². The first-order chi connectivity index (χ1) is 8.97. The van der Waals surface area contributed by atoms with Crippen LogP contribution in [0.2, 0.25) is 0 Å². The van der Waals surface area contributed by atoms with Gasteiger partial charge in [0.15, 0.2) is 0 Å². The van der Waals surface area contributed by atoms with Gasteiger partial charge in [-0.15, -0.1) is 0 Å². The number of nitrogen functional groups attached to an aromatic ring is 1. The summed E-state index contributed by atoms with van der Waals surface area (Å²) in [4.78, 5) is 3.88. The minimum absolute atomic E-state index is 0.105. The Hall–Kier alpha value is -1.92. The Morgan fingerprint density at radius 2 is 1.84 bits per heavy atom. The van der Waals surface area contributed by atoms with Gasteiger partial charge < -0.3 is 5.73 Å². The Balaban J connectivity index is 2.09. The normalized spacial score (nSPS) is 11.4. The van der Waals surface area contributed by atoms with Crippen molar-refractivity contribution in [2.45, 2.75) is 18.4 Å². The summed E-state index contributed by atoms with van der Waals surface area (Å²) in [6.45, 7) is 2.22. The van der Waals surface area contributed by atoms with E-state index in [0.29, 0.717) is 0 Å². The van der Waals surface area contributed by atoms with Gasteiger partial charge in [0.25, 0.3) is 0 Å². The molecule has 0 amide bonds. The molecule has 2 rings (SSSR count). The van der Waals surface area contributed by atoms with E-state index < -0.39 is 10.0 Å². The van der Waals surface area contributed by atoms with Crippen LogP contribution in [0, 0.1) is 6.92 Å². The molecular weight excluding hydrogens is 262 g/mol. The van der Waals surface area contributed by atoms with Crippen molar-refractivity contribution in [2.75, 3.05) is 5.73 Å². The van der Waals surface area contributed by atoms with Gasteiger partial charge in [0.2, 0.25) is 10.0 Å². The lowest BCUT2D eigenvalue weighted by Crippen LogP contribution is -2.23. The second kappa shape index (κ2) is 5.38. The first-order valence-corrected chi connectivity index (χ1v) is 7.22. The topological polar surface area (TPSA) is 85.1 Å². The quantitative estimate of drug-likeness (QED) is 0.885. The van der Waals surface area contributed by atoms with Crippen molar-refractivity contribution >= 4 is 15.8 Å². The van der Waals surface area contributed by atoms with Crippen LogP contribution in [0.4, 0.5) is 5.82 Å². The number of hydrogen-bond donors (Lipinski definition) is 2. The fraction of sp³-hybridized carbons (Fsp3) is 0.154. The molecule has 100 valence electrons. The van der Waals surface area contributed by atoms with Crippen LogP contribution in [0.25, 0.3) is 0 Å². The summed E-state index contributed by atoms with van der Waals surface area (Å²) in [6.07, 6.45) is 1.24. The summed E-state index contributed by atoms with van der Waals surface area (Å²) < 4.78 is 26.5. The van der Waals surface area contributed by atoms with E-state index in [9.17, 15) is 8.42 Å². The number of rotatable bonds is 4. The molecule has 0 unspecified atom stereocenters. The van der Waals surface area contributed by atoms with Gasteiger partial charge >= 0.3 is 0 Å². The Morgan fingerprint density at radius 1 is 1.16 bits per heavy atom. The molecule has 0 aliphatic carbocycles. The maximum atomic E-state index is 12.0. The Morgan fingerprint density at radius 3 is 2.42 bits per heavy atom. The van der Waals surface area contributed by atoms with E-state index in [1.54, 1.807) is 0 Å². The highest BCUT2D eigenvalue weighted by molar-refractivity contribution is 7.89. The first-order valence-electron chi connectivity index (χ1n) is 5.74. The van der Waals surface area contributed by atoms with Crippen molar-refractivity contribution in [2.24, 2.45) is 0 Å². The average Bonchev–Trinajstić information content (AvgIpc) is 2.39. The summed E-state index contributed by atoms with van der Waals surface area (Å²) in [6, 6.07) is 10.5. The Bertz CT molecular complexity index is 649. The van der Waals surface area contributed by atoms with Gasteiger partial charge in [-0.25, -0.2) is 18.1 Å². The van der Waals surface area contributed by atoms with E-state index in [4.69, 9.17) is 5.73 Å². The van der Waals surface area contributed by atoms with Crippen molar-refractivity contribution in [1.82, 2.24) is 9.71 Å². The zero-order chi connectivity index (χ0) is 13.9. The number of benzene rings is 1. The van der Waals surface area contributed by atoms with Crippen molar-refractivity contribution in [3.8, 4) is 0 Å². The molecule has 3 N–H and O–H groups in total. The number of anilines is 1. The number of aryl methyl sites for hydroxylation is 1. The first kappa shape index (κ1) is 13.5. The predicted octanol–water partition coefficient (Wildman–Crippen LogP) is 1.45. The highest BCUT2D eigenvalue weighted by Crippen LogP contribution is 2.10. The summed E-state index contributed by atoms with van der Waals surface area (Å²) in [5.74, 6) is 0.289. The molecule has 1 aromatic heterocycles. The van der Waals surface area contributed by atoms with E-state index in [-0.39, 0.29) is 17.3 Å². The molecule has 2 aromatic rings. The van der Waals surface area contributed by atoms with Crippen LogP contribution in [-0.4, -0.2) is 13.4 Å². The van der Waals surface area contributed by atoms with Crippen molar-refractivity contribution in [3.63, 3.8) is 0 Å². The maximum absolute atomic E-state index is 12.0. The molecule has 1 aromatic carbocycles. The Labute approximate surface area is 112 Å². The number of aromatic nitrogens is 1. The molecular formula is C13H15N3O2S. The van der Waals surface area contributed by atoms with E-state index in [1.165, 1.54) is 18.3 Å². The van der Waals surface area contributed by atoms with Crippen molar-refractivity contribution in [3.05, 3.63) is 53.7 Å². The number of pyridine rings is 1. The van der Waals surface area contributed by atoms with Gasteiger partial charge in [-0.2, -0.15) is 0 Å². The summed E-state index contributed by atoms with van der Waals surface area (Å²) in [5, 5.41) is 0. The number of nitrogens with zero attached hydrogens (tertiary/aromatic N) is 1. The van der Waals surface area contributed by atoms with Crippen LogP contribution in [0.5, 0.6) is 0 Å². The summed E-state index contributed by atoms with van der Waals surface area (Å²) in [5.41, 5.74) is 7.46. The van der Waals surface area contributed by atoms with Gasteiger partial charge in [-0.05, 0) is 24.6 Å². The van der Waals surface area contributed by atoms with E-state index >= 15 is 0 Å². The molecule has 19 heavy (non-hydrogen) atoms. The molecule has 0 saturated heterocycles. The number of hydrogen-bond acceptors (Lipinski definition) is 4. The lowest BCUT2D eigenvalue weighted by Gasteiger charge is -2.07. The predicted molar refractivity (Wildman–Crippen MR) is 73.9 cm³/mol. The third-order valence-electron chi connectivity index (χ3n) is 2.66. The molecule has 0 saturated carbocycles. The SMILES string of the molecule is Cc1ccc(CNS(=O)(=O)c2ccc(N)nc2)cc1. The van der Waals surface area contributed by atoms with E-state index in [2.05, 4.69) is 9.71 Å². The third-order valence-corrected chi connectivity index (χ3v) is 4.04.